The lowest BCUT2D eigenvalue weighted by atomic mass is 10.1. The highest BCUT2D eigenvalue weighted by atomic mass is 79.9. The molecule has 0 aliphatic rings. The summed E-state index contributed by atoms with van der Waals surface area (Å²) in [5, 5.41) is 11.2. The number of ether oxygens (including phenoxy) is 1. The number of carbonyl (C=O) groups is 2. The van der Waals surface area contributed by atoms with Crippen molar-refractivity contribution in [2.24, 2.45) is 0 Å². The first-order chi connectivity index (χ1) is 8.60. The van der Waals surface area contributed by atoms with Crippen LogP contribution in [0.2, 0.25) is 0 Å². The zero-order valence-corrected chi connectivity index (χ0v) is 12.2. The van der Waals surface area contributed by atoms with Crippen molar-refractivity contribution in [1.29, 1.82) is 0 Å². The average Bonchev–Trinajstić information content (AvgIpc) is 2.19. The average molecular weight is 334 g/mol. The molecule has 1 amide bonds. The molecule has 0 heterocycles. The molecule has 2 N–H and O–H groups in total. The van der Waals surface area contributed by atoms with Gasteiger partial charge in [0.15, 0.2) is 0 Å². The number of benzene rings is 1. The van der Waals surface area contributed by atoms with Crippen LogP contribution < -0.4 is 5.32 Å². The summed E-state index contributed by atoms with van der Waals surface area (Å²) in [5.74, 6) is -1.97. The molecule has 1 aromatic carbocycles. The third-order valence-electron chi connectivity index (χ3n) is 1.93. The second kappa shape index (κ2) is 5.56. The molecule has 104 valence electrons. The molecule has 5 nitrogen and oxygen atoms in total. The van der Waals surface area contributed by atoms with Crippen LogP contribution in [0, 0.1) is 5.82 Å². The molecule has 7 heteroatoms. The molecule has 0 bridgehead atoms. The number of amides is 1. The molecule has 1 aromatic rings. The van der Waals surface area contributed by atoms with Gasteiger partial charge in [0.1, 0.15) is 11.4 Å². The molecule has 0 saturated carbocycles. The van der Waals surface area contributed by atoms with E-state index in [9.17, 15) is 14.0 Å². The van der Waals surface area contributed by atoms with E-state index in [4.69, 9.17) is 9.84 Å². The van der Waals surface area contributed by atoms with E-state index in [0.29, 0.717) is 0 Å². The summed E-state index contributed by atoms with van der Waals surface area (Å²) < 4.78 is 18.3. The maximum atomic E-state index is 13.4. The number of rotatable bonds is 2. The fraction of sp³-hybridized carbons (Fsp3) is 0.333. The third kappa shape index (κ3) is 4.51. The Morgan fingerprint density at radius 1 is 1.37 bits per heavy atom. The van der Waals surface area contributed by atoms with E-state index in [1.165, 1.54) is 0 Å². The number of carboxylic acids is 1. The highest BCUT2D eigenvalue weighted by Crippen LogP contribution is 2.25. The van der Waals surface area contributed by atoms with E-state index in [-0.39, 0.29) is 15.7 Å². The van der Waals surface area contributed by atoms with Crippen molar-refractivity contribution >= 4 is 33.7 Å². The first-order valence-electron chi connectivity index (χ1n) is 5.32. The van der Waals surface area contributed by atoms with Gasteiger partial charge in [-0.15, -0.1) is 0 Å². The number of carboxylic acid groups (broad SMARTS) is 1. The van der Waals surface area contributed by atoms with Crippen LogP contribution in [-0.2, 0) is 4.74 Å². The van der Waals surface area contributed by atoms with E-state index in [2.05, 4.69) is 21.2 Å². The number of carbonyl (C=O) groups excluding carboxylic acids is 1. The summed E-state index contributed by atoms with van der Waals surface area (Å²) in [5.41, 5.74) is -1.14. The van der Waals surface area contributed by atoms with E-state index >= 15 is 0 Å². The minimum atomic E-state index is -1.29. The zero-order chi connectivity index (χ0) is 14.8. The predicted molar refractivity (Wildman–Crippen MR) is 70.9 cm³/mol. The number of hydrogen-bond donors (Lipinski definition) is 2. The lowest BCUT2D eigenvalue weighted by Gasteiger charge is -2.20. The van der Waals surface area contributed by atoms with Crippen LogP contribution in [0.25, 0.3) is 0 Å². The summed E-state index contributed by atoms with van der Waals surface area (Å²) in [7, 11) is 0. The van der Waals surface area contributed by atoms with Crippen LogP contribution in [-0.4, -0.2) is 22.8 Å². The van der Waals surface area contributed by atoms with Crippen molar-refractivity contribution < 1.29 is 23.8 Å². The second-order valence-corrected chi connectivity index (χ2v) is 5.60. The quantitative estimate of drug-likeness (QED) is 0.866. The molecular formula is C12H13BrFNO4. The Bertz CT molecular complexity index is 525. The SMILES string of the molecule is CC(C)(C)OC(=O)Nc1cc(F)c(Br)cc1C(=O)O. The first-order valence-corrected chi connectivity index (χ1v) is 6.12. The van der Waals surface area contributed by atoms with Gasteiger partial charge in [0.05, 0.1) is 15.7 Å². The highest BCUT2D eigenvalue weighted by molar-refractivity contribution is 9.10. The minimum absolute atomic E-state index is 0.000335. The summed E-state index contributed by atoms with van der Waals surface area (Å²) >= 11 is 2.88. The molecule has 0 aliphatic heterocycles. The number of nitrogens with one attached hydrogen (secondary N) is 1. The van der Waals surface area contributed by atoms with Gasteiger partial charge in [-0.2, -0.15) is 0 Å². The fourth-order valence-electron chi connectivity index (χ4n) is 1.24. The lowest BCUT2D eigenvalue weighted by molar-refractivity contribution is 0.0636. The van der Waals surface area contributed by atoms with E-state index in [0.717, 1.165) is 12.1 Å². The van der Waals surface area contributed by atoms with Crippen LogP contribution in [0.5, 0.6) is 0 Å². The summed E-state index contributed by atoms with van der Waals surface area (Å²) in [6, 6.07) is 1.99. The number of aromatic carboxylic acids is 1. The van der Waals surface area contributed by atoms with Gasteiger partial charge in [-0.1, -0.05) is 0 Å². The molecule has 19 heavy (non-hydrogen) atoms. The van der Waals surface area contributed by atoms with Crippen LogP contribution in [0.1, 0.15) is 31.1 Å². The molecule has 0 spiro atoms. The first kappa shape index (κ1) is 15.4. The van der Waals surface area contributed by atoms with Crippen LogP contribution in [0.15, 0.2) is 16.6 Å². The van der Waals surface area contributed by atoms with Crippen LogP contribution in [0.4, 0.5) is 14.9 Å². The van der Waals surface area contributed by atoms with E-state index in [1.807, 2.05) is 0 Å². The molecule has 1 rings (SSSR count). The molecule has 0 aromatic heterocycles. The van der Waals surface area contributed by atoms with Gasteiger partial charge in [-0.3, -0.25) is 5.32 Å². The van der Waals surface area contributed by atoms with Crippen molar-refractivity contribution in [2.75, 3.05) is 5.32 Å². The maximum Gasteiger partial charge on any atom is 0.412 e. The molecule has 0 aliphatic carbocycles. The van der Waals surface area contributed by atoms with E-state index < -0.39 is 23.5 Å². The van der Waals surface area contributed by atoms with Gasteiger partial charge in [0, 0.05) is 0 Å². The Morgan fingerprint density at radius 3 is 2.42 bits per heavy atom. The van der Waals surface area contributed by atoms with Gasteiger partial charge >= 0.3 is 12.1 Å². The predicted octanol–water partition coefficient (Wildman–Crippen LogP) is 3.63. The van der Waals surface area contributed by atoms with Crippen molar-refractivity contribution in [3.63, 3.8) is 0 Å². The molecule has 0 atom stereocenters. The summed E-state index contributed by atoms with van der Waals surface area (Å²) in [6.07, 6.45) is -0.850. The van der Waals surface area contributed by atoms with Gasteiger partial charge in [0.2, 0.25) is 0 Å². The largest absolute Gasteiger partial charge is 0.478 e. The number of hydrogen-bond acceptors (Lipinski definition) is 3. The summed E-state index contributed by atoms with van der Waals surface area (Å²) in [4.78, 5) is 22.6. The smallest absolute Gasteiger partial charge is 0.412 e. The van der Waals surface area contributed by atoms with Crippen molar-refractivity contribution in [2.45, 2.75) is 26.4 Å². The number of halogens is 2. The van der Waals surface area contributed by atoms with Gasteiger partial charge in [-0.05, 0) is 48.8 Å². The van der Waals surface area contributed by atoms with Crippen molar-refractivity contribution in [3.8, 4) is 0 Å². The van der Waals surface area contributed by atoms with Gasteiger partial charge in [0.25, 0.3) is 0 Å². The second-order valence-electron chi connectivity index (χ2n) is 4.74. The van der Waals surface area contributed by atoms with Crippen molar-refractivity contribution in [1.82, 2.24) is 0 Å². The topological polar surface area (TPSA) is 75.6 Å². The fourth-order valence-corrected chi connectivity index (χ4v) is 1.58. The van der Waals surface area contributed by atoms with Gasteiger partial charge in [-0.25, -0.2) is 14.0 Å². The zero-order valence-electron chi connectivity index (χ0n) is 10.6. The Labute approximate surface area is 117 Å². The third-order valence-corrected chi connectivity index (χ3v) is 2.53. The van der Waals surface area contributed by atoms with Crippen LogP contribution in [0.3, 0.4) is 0 Å². The van der Waals surface area contributed by atoms with Gasteiger partial charge < -0.3 is 9.84 Å². The maximum absolute atomic E-state index is 13.4. The molecule has 0 saturated heterocycles. The minimum Gasteiger partial charge on any atom is -0.478 e. The lowest BCUT2D eigenvalue weighted by Crippen LogP contribution is -2.27. The molecule has 0 radical (unpaired) electrons. The monoisotopic (exact) mass is 333 g/mol. The van der Waals surface area contributed by atoms with Crippen LogP contribution >= 0.6 is 15.9 Å². The molecule has 0 fully saturated rings. The highest BCUT2D eigenvalue weighted by Gasteiger charge is 2.20. The van der Waals surface area contributed by atoms with E-state index in [1.54, 1.807) is 20.8 Å². The van der Waals surface area contributed by atoms with Crippen molar-refractivity contribution in [3.05, 3.63) is 28.0 Å². The molecule has 0 unspecified atom stereocenters. The Hall–Kier alpha value is -1.63. The number of anilines is 1. The molecular weight excluding hydrogens is 321 g/mol. The Balaban J connectivity index is 3.03. The Kier molecular flexibility index (Phi) is 4.52. The standard InChI is InChI=1S/C12H13BrFNO4/c1-12(2,3)19-11(18)15-9-5-8(14)7(13)4-6(9)10(16)17/h4-5H,1-3H3,(H,15,18)(H,16,17). The Morgan fingerprint density at radius 2 is 1.95 bits per heavy atom. The summed E-state index contributed by atoms with van der Waals surface area (Å²) in [6.45, 7) is 4.98. The normalized spacial score (nSPS) is 11.0.